The van der Waals surface area contributed by atoms with Gasteiger partial charge >= 0.3 is 12.2 Å². The highest BCUT2D eigenvalue weighted by Gasteiger charge is 2.36. The number of alkyl carbamates (subject to hydrolysis) is 2. The zero-order chi connectivity index (χ0) is 20.7. The van der Waals surface area contributed by atoms with Crippen LogP contribution in [0.25, 0.3) is 0 Å². The Morgan fingerprint density at radius 3 is 2.50 bits per heavy atom. The fraction of sp³-hybridized carbons (Fsp3) is 0.450. The molecule has 0 aliphatic heterocycles. The minimum absolute atomic E-state index is 0.0764. The number of carbonyl (C=O) groups is 2. The highest BCUT2D eigenvalue weighted by molar-refractivity contribution is 5.70. The van der Waals surface area contributed by atoms with Crippen LogP contribution in [0.1, 0.15) is 32.8 Å². The Kier molecular flexibility index (Phi) is 7.01. The van der Waals surface area contributed by atoms with E-state index in [2.05, 4.69) is 10.6 Å². The van der Waals surface area contributed by atoms with E-state index in [1.165, 1.54) is 6.08 Å². The van der Waals surface area contributed by atoms with Crippen LogP contribution in [0.5, 0.6) is 0 Å². The van der Waals surface area contributed by atoms with Gasteiger partial charge in [0.1, 0.15) is 12.2 Å². The molecular weight excluding hydrogens is 362 g/mol. The van der Waals surface area contributed by atoms with Crippen molar-refractivity contribution in [3.05, 3.63) is 47.5 Å². The summed E-state index contributed by atoms with van der Waals surface area (Å²) in [6.45, 7) is 5.23. The van der Waals surface area contributed by atoms with E-state index in [0.717, 1.165) is 5.56 Å². The summed E-state index contributed by atoms with van der Waals surface area (Å²) in [6, 6.07) is 9.54. The third-order valence-electron chi connectivity index (χ3n) is 3.96. The molecule has 150 valence electrons. The van der Waals surface area contributed by atoms with Crippen LogP contribution in [0, 0.1) is 11.3 Å². The third kappa shape index (κ3) is 6.59. The van der Waals surface area contributed by atoms with Gasteiger partial charge in [0, 0.05) is 12.0 Å². The minimum atomic E-state index is -1.16. The Morgan fingerprint density at radius 2 is 1.89 bits per heavy atom. The number of nitrogens with one attached hydrogen (secondary N) is 2. The van der Waals surface area contributed by atoms with Crippen LogP contribution in [0.15, 0.2) is 42.0 Å². The standard InChI is InChI=1S/C20H25N3O5/c1-20(2,3)28-19(26)23-17-15(9-14(11-21)10-16(17)24)22-18(25)27-12-13-7-5-4-6-8-13/h4-8,10,15-17,24H,9,12H2,1-3H3,(H,22,25)(H,23,26)/t15-,16+,17+/m0/s1. The first-order valence-electron chi connectivity index (χ1n) is 8.93. The maximum atomic E-state index is 12.2. The molecule has 3 N–H and O–H groups in total. The monoisotopic (exact) mass is 387 g/mol. The lowest BCUT2D eigenvalue weighted by atomic mass is 9.88. The molecule has 0 radical (unpaired) electrons. The molecule has 1 aliphatic carbocycles. The van der Waals surface area contributed by atoms with Crippen LogP contribution < -0.4 is 10.6 Å². The second-order valence-corrected chi connectivity index (χ2v) is 7.48. The second kappa shape index (κ2) is 9.24. The van der Waals surface area contributed by atoms with Crippen LogP contribution >= 0.6 is 0 Å². The summed E-state index contributed by atoms with van der Waals surface area (Å²) in [7, 11) is 0. The molecule has 0 heterocycles. The summed E-state index contributed by atoms with van der Waals surface area (Å²) in [5, 5.41) is 24.6. The molecule has 0 fully saturated rings. The van der Waals surface area contributed by atoms with Crippen LogP contribution in [0.4, 0.5) is 9.59 Å². The van der Waals surface area contributed by atoms with Gasteiger partial charge in [-0.05, 0) is 32.4 Å². The number of nitriles is 1. The van der Waals surface area contributed by atoms with Crippen molar-refractivity contribution in [2.75, 3.05) is 0 Å². The van der Waals surface area contributed by atoms with E-state index in [1.807, 2.05) is 36.4 Å². The van der Waals surface area contributed by atoms with Gasteiger partial charge in [-0.1, -0.05) is 30.3 Å². The molecule has 8 nitrogen and oxygen atoms in total. The highest BCUT2D eigenvalue weighted by atomic mass is 16.6. The molecule has 0 spiro atoms. The lowest BCUT2D eigenvalue weighted by Gasteiger charge is -2.34. The fourth-order valence-corrected chi connectivity index (χ4v) is 2.75. The van der Waals surface area contributed by atoms with Gasteiger partial charge in [-0.15, -0.1) is 0 Å². The molecule has 1 aromatic rings. The molecule has 0 saturated heterocycles. The number of ether oxygens (including phenoxy) is 2. The number of aliphatic hydroxyl groups excluding tert-OH is 1. The molecule has 0 aromatic heterocycles. The Labute approximate surface area is 164 Å². The average molecular weight is 387 g/mol. The zero-order valence-electron chi connectivity index (χ0n) is 16.1. The Morgan fingerprint density at radius 1 is 1.21 bits per heavy atom. The molecule has 8 heteroatoms. The SMILES string of the molecule is CC(C)(C)OC(=O)N[C@H]1[C@H](O)C=C(C#N)C[C@@H]1NC(=O)OCc1ccccc1. The molecule has 2 amide bonds. The topological polar surface area (TPSA) is 121 Å². The Balaban J connectivity index is 2.02. The number of amides is 2. The highest BCUT2D eigenvalue weighted by Crippen LogP contribution is 2.20. The van der Waals surface area contributed by atoms with Gasteiger partial charge in [0.2, 0.25) is 0 Å². The third-order valence-corrected chi connectivity index (χ3v) is 3.96. The summed E-state index contributed by atoms with van der Waals surface area (Å²) in [5.41, 5.74) is 0.417. The van der Waals surface area contributed by atoms with E-state index in [-0.39, 0.29) is 13.0 Å². The number of carbonyl (C=O) groups excluding carboxylic acids is 2. The fourth-order valence-electron chi connectivity index (χ4n) is 2.75. The van der Waals surface area contributed by atoms with Crippen molar-refractivity contribution in [1.82, 2.24) is 10.6 Å². The van der Waals surface area contributed by atoms with Crippen LogP contribution in [0.2, 0.25) is 0 Å². The van der Waals surface area contributed by atoms with E-state index >= 15 is 0 Å². The van der Waals surface area contributed by atoms with E-state index in [9.17, 15) is 14.7 Å². The number of benzene rings is 1. The molecule has 1 aliphatic rings. The second-order valence-electron chi connectivity index (χ2n) is 7.48. The van der Waals surface area contributed by atoms with E-state index in [1.54, 1.807) is 20.8 Å². The zero-order valence-corrected chi connectivity index (χ0v) is 16.1. The number of rotatable bonds is 4. The number of hydrogen-bond acceptors (Lipinski definition) is 6. The summed E-state index contributed by atoms with van der Waals surface area (Å²) in [5.74, 6) is 0. The van der Waals surface area contributed by atoms with Crippen molar-refractivity contribution in [1.29, 1.82) is 5.26 Å². The van der Waals surface area contributed by atoms with Crippen molar-refractivity contribution in [3.8, 4) is 6.07 Å². The summed E-state index contributed by atoms with van der Waals surface area (Å²) >= 11 is 0. The lowest BCUT2D eigenvalue weighted by molar-refractivity contribution is 0.0412. The number of nitrogens with zero attached hydrogens (tertiary/aromatic N) is 1. The molecule has 1 aromatic carbocycles. The van der Waals surface area contributed by atoms with Gasteiger partial charge in [-0.2, -0.15) is 5.26 Å². The van der Waals surface area contributed by atoms with Gasteiger partial charge in [0.25, 0.3) is 0 Å². The van der Waals surface area contributed by atoms with Crippen LogP contribution in [0.3, 0.4) is 0 Å². The molecular formula is C20H25N3O5. The molecule has 2 rings (SSSR count). The first-order valence-corrected chi connectivity index (χ1v) is 8.93. The van der Waals surface area contributed by atoms with Crippen molar-refractivity contribution < 1.29 is 24.2 Å². The van der Waals surface area contributed by atoms with Gasteiger partial charge in [0.05, 0.1) is 24.3 Å². The normalized spacial score (nSPS) is 21.7. The largest absolute Gasteiger partial charge is 0.445 e. The van der Waals surface area contributed by atoms with Crippen molar-refractivity contribution in [2.24, 2.45) is 0 Å². The van der Waals surface area contributed by atoms with Crippen molar-refractivity contribution in [2.45, 2.75) is 57.6 Å². The van der Waals surface area contributed by atoms with Crippen molar-refractivity contribution >= 4 is 12.2 Å². The van der Waals surface area contributed by atoms with Gasteiger partial charge in [-0.3, -0.25) is 0 Å². The van der Waals surface area contributed by atoms with E-state index in [4.69, 9.17) is 14.7 Å². The molecule has 0 saturated carbocycles. The summed E-state index contributed by atoms with van der Waals surface area (Å²) < 4.78 is 10.4. The maximum Gasteiger partial charge on any atom is 0.408 e. The molecule has 0 bridgehead atoms. The minimum Gasteiger partial charge on any atom is -0.445 e. The molecule has 3 atom stereocenters. The quantitative estimate of drug-likeness (QED) is 0.729. The lowest BCUT2D eigenvalue weighted by Crippen LogP contribution is -2.59. The average Bonchev–Trinajstić information content (AvgIpc) is 2.62. The van der Waals surface area contributed by atoms with Crippen LogP contribution in [-0.4, -0.2) is 41.1 Å². The summed E-state index contributed by atoms with van der Waals surface area (Å²) in [4.78, 5) is 24.3. The van der Waals surface area contributed by atoms with E-state index in [0.29, 0.717) is 5.57 Å². The van der Waals surface area contributed by atoms with Crippen LogP contribution in [-0.2, 0) is 16.1 Å². The predicted molar refractivity (Wildman–Crippen MR) is 101 cm³/mol. The molecule has 28 heavy (non-hydrogen) atoms. The summed E-state index contributed by atoms with van der Waals surface area (Å²) in [6.07, 6.45) is -1.09. The first kappa shape index (κ1) is 21.3. The van der Waals surface area contributed by atoms with E-state index < -0.39 is 36.0 Å². The van der Waals surface area contributed by atoms with Gasteiger partial charge < -0.3 is 25.2 Å². The van der Waals surface area contributed by atoms with Gasteiger partial charge in [-0.25, -0.2) is 9.59 Å². The Hall–Kier alpha value is -3.05. The maximum absolute atomic E-state index is 12.2. The van der Waals surface area contributed by atoms with Gasteiger partial charge in [0.15, 0.2) is 0 Å². The smallest absolute Gasteiger partial charge is 0.408 e. The van der Waals surface area contributed by atoms with Crippen molar-refractivity contribution in [3.63, 3.8) is 0 Å². The Bertz CT molecular complexity index is 764. The predicted octanol–water partition coefficient (Wildman–Crippen LogP) is 2.39. The number of aliphatic hydroxyl groups is 1. The number of hydrogen-bond donors (Lipinski definition) is 3. The first-order chi connectivity index (χ1) is 13.2. The molecule has 0 unspecified atom stereocenters.